The molecule has 124 valence electrons. The van der Waals surface area contributed by atoms with Crippen LogP contribution in [0, 0.1) is 0 Å². The Bertz CT molecular complexity index is 783. The molecule has 4 rings (SSSR count). The quantitative estimate of drug-likeness (QED) is 0.621. The Morgan fingerprint density at radius 1 is 1.00 bits per heavy atom. The van der Waals surface area contributed by atoms with Gasteiger partial charge in [-0.15, -0.1) is 0 Å². The van der Waals surface area contributed by atoms with Crippen molar-refractivity contribution in [1.82, 2.24) is 4.90 Å². The van der Waals surface area contributed by atoms with Crippen molar-refractivity contribution in [2.45, 2.75) is 44.8 Å². The first-order valence-corrected chi connectivity index (χ1v) is 8.66. The monoisotopic (exact) mass is 323 g/mol. The second kappa shape index (κ2) is 5.42. The molecule has 1 fully saturated rings. The zero-order chi connectivity index (χ0) is 16.9. The van der Waals surface area contributed by atoms with E-state index in [4.69, 9.17) is 4.74 Å². The molecule has 0 spiro atoms. The molecule has 0 saturated carbocycles. The average molecular weight is 323 g/mol. The molecule has 4 heteroatoms. The van der Waals surface area contributed by atoms with E-state index in [0.717, 1.165) is 23.6 Å². The number of amides is 2. The van der Waals surface area contributed by atoms with E-state index in [1.165, 1.54) is 4.90 Å². The lowest BCUT2D eigenvalue weighted by Crippen LogP contribution is -2.32. The molecular weight excluding hydrogens is 302 g/mol. The summed E-state index contributed by atoms with van der Waals surface area (Å²) in [5, 5.41) is 1.97. The Morgan fingerprint density at radius 2 is 1.54 bits per heavy atom. The highest BCUT2D eigenvalue weighted by Crippen LogP contribution is 2.44. The summed E-state index contributed by atoms with van der Waals surface area (Å²) in [6, 6.07) is 11.5. The minimum absolute atomic E-state index is 0.0344. The number of hydrogen-bond donors (Lipinski definition) is 0. The van der Waals surface area contributed by atoms with Gasteiger partial charge in [0.15, 0.2) is 0 Å². The van der Waals surface area contributed by atoms with Crippen LogP contribution < -0.4 is 0 Å². The Hall–Kier alpha value is -2.20. The molecule has 2 aliphatic rings. The molecule has 0 N–H and O–H groups in total. The number of epoxide rings is 1. The third kappa shape index (κ3) is 2.17. The molecule has 2 aliphatic heterocycles. The predicted molar refractivity (Wildman–Crippen MR) is 92.1 cm³/mol. The summed E-state index contributed by atoms with van der Waals surface area (Å²) in [7, 11) is 0. The van der Waals surface area contributed by atoms with Crippen LogP contribution in [0.4, 0.5) is 0 Å². The van der Waals surface area contributed by atoms with Crippen molar-refractivity contribution < 1.29 is 14.3 Å². The van der Waals surface area contributed by atoms with E-state index >= 15 is 0 Å². The second-order valence-corrected chi connectivity index (χ2v) is 6.67. The molecule has 0 aromatic heterocycles. The van der Waals surface area contributed by atoms with E-state index < -0.39 is 0 Å². The highest BCUT2D eigenvalue weighted by atomic mass is 16.6. The fourth-order valence-electron chi connectivity index (χ4n) is 3.87. The fraction of sp³-hybridized carbons (Fsp3) is 0.400. The first-order valence-electron chi connectivity index (χ1n) is 8.66. The zero-order valence-electron chi connectivity index (χ0n) is 14.0. The number of carbonyl (C=O) groups is 2. The van der Waals surface area contributed by atoms with E-state index in [-0.39, 0.29) is 23.5 Å². The second-order valence-electron chi connectivity index (χ2n) is 6.67. The van der Waals surface area contributed by atoms with Crippen molar-refractivity contribution in [3.05, 3.63) is 47.5 Å². The number of nitrogens with zero attached hydrogens (tertiary/aromatic N) is 1. The van der Waals surface area contributed by atoms with Gasteiger partial charge in [0.1, 0.15) is 0 Å². The summed E-state index contributed by atoms with van der Waals surface area (Å²) in [5.74, 6) is -0.361. The van der Waals surface area contributed by atoms with Crippen LogP contribution in [-0.2, 0) is 4.74 Å². The van der Waals surface area contributed by atoms with Gasteiger partial charge in [0.25, 0.3) is 11.8 Å². The molecule has 2 heterocycles. The van der Waals surface area contributed by atoms with Gasteiger partial charge in [0, 0.05) is 6.54 Å². The van der Waals surface area contributed by atoms with E-state index in [0.29, 0.717) is 24.1 Å². The van der Waals surface area contributed by atoms with Crippen LogP contribution in [0.3, 0.4) is 0 Å². The maximum absolute atomic E-state index is 12.6. The van der Waals surface area contributed by atoms with Gasteiger partial charge in [-0.25, -0.2) is 0 Å². The van der Waals surface area contributed by atoms with Crippen molar-refractivity contribution in [3.63, 3.8) is 0 Å². The maximum atomic E-state index is 12.6. The SMILES string of the molecule is CCC1(CC)OC1CCN1C(=O)c2cc3ccccc3cc2C1=O. The van der Waals surface area contributed by atoms with E-state index in [1.807, 2.05) is 36.4 Å². The molecule has 2 aromatic carbocycles. The molecule has 0 aliphatic carbocycles. The van der Waals surface area contributed by atoms with Crippen molar-refractivity contribution in [3.8, 4) is 0 Å². The predicted octanol–water partition coefficient (Wildman–Crippen LogP) is 3.78. The lowest BCUT2D eigenvalue weighted by atomic mass is 9.97. The topological polar surface area (TPSA) is 49.9 Å². The highest BCUT2D eigenvalue weighted by molar-refractivity contribution is 6.23. The number of ether oxygens (including phenoxy) is 1. The van der Waals surface area contributed by atoms with Crippen LogP contribution in [0.2, 0.25) is 0 Å². The Morgan fingerprint density at radius 3 is 2.00 bits per heavy atom. The standard InChI is InChI=1S/C20H21NO3/c1-3-20(4-2)17(24-20)9-10-21-18(22)15-11-13-7-5-6-8-14(13)12-16(15)19(21)23/h5-8,11-12,17H,3-4,9-10H2,1-2H3. The number of benzene rings is 2. The van der Waals surface area contributed by atoms with E-state index in [1.54, 1.807) is 0 Å². The Labute approximate surface area is 141 Å². The molecule has 4 nitrogen and oxygen atoms in total. The van der Waals surface area contributed by atoms with E-state index in [9.17, 15) is 9.59 Å². The van der Waals surface area contributed by atoms with Crippen molar-refractivity contribution in [2.24, 2.45) is 0 Å². The molecular formula is C20H21NO3. The number of fused-ring (bicyclic) bond motifs is 2. The summed E-state index contributed by atoms with van der Waals surface area (Å²) in [4.78, 5) is 26.7. The van der Waals surface area contributed by atoms with Crippen molar-refractivity contribution >= 4 is 22.6 Å². The minimum Gasteiger partial charge on any atom is -0.366 e. The molecule has 1 atom stereocenters. The first kappa shape index (κ1) is 15.3. The van der Waals surface area contributed by atoms with Crippen LogP contribution in [0.15, 0.2) is 36.4 Å². The molecule has 2 aromatic rings. The van der Waals surface area contributed by atoms with Gasteiger partial charge in [-0.2, -0.15) is 0 Å². The van der Waals surface area contributed by atoms with Gasteiger partial charge in [-0.3, -0.25) is 14.5 Å². The molecule has 2 amide bonds. The van der Waals surface area contributed by atoms with Crippen LogP contribution in [-0.4, -0.2) is 35.0 Å². The molecule has 0 radical (unpaired) electrons. The number of rotatable bonds is 5. The van der Waals surface area contributed by atoms with Gasteiger partial charge in [0.2, 0.25) is 0 Å². The third-order valence-electron chi connectivity index (χ3n) is 5.56. The normalized spacial score (nSPS) is 21.4. The van der Waals surface area contributed by atoms with Gasteiger partial charge in [-0.05, 0) is 42.2 Å². The summed E-state index contributed by atoms with van der Waals surface area (Å²) in [5.41, 5.74) is 1.01. The highest BCUT2D eigenvalue weighted by Gasteiger charge is 2.53. The number of carbonyl (C=O) groups excluding carboxylic acids is 2. The van der Waals surface area contributed by atoms with Gasteiger partial charge in [-0.1, -0.05) is 38.1 Å². The summed E-state index contributed by atoms with van der Waals surface area (Å²) in [6.07, 6.45) is 2.83. The van der Waals surface area contributed by atoms with Crippen LogP contribution in [0.1, 0.15) is 53.8 Å². The van der Waals surface area contributed by atoms with Crippen LogP contribution in [0.5, 0.6) is 0 Å². The van der Waals surface area contributed by atoms with Crippen molar-refractivity contribution in [1.29, 1.82) is 0 Å². The Balaban J connectivity index is 1.55. The summed E-state index contributed by atoms with van der Waals surface area (Å²) < 4.78 is 5.82. The largest absolute Gasteiger partial charge is 0.366 e. The average Bonchev–Trinajstić information content (AvgIpc) is 3.28. The lowest BCUT2D eigenvalue weighted by molar-refractivity contribution is 0.0649. The smallest absolute Gasteiger partial charge is 0.261 e. The minimum atomic E-state index is -0.181. The number of imide groups is 1. The van der Waals surface area contributed by atoms with E-state index in [2.05, 4.69) is 13.8 Å². The maximum Gasteiger partial charge on any atom is 0.261 e. The zero-order valence-corrected chi connectivity index (χ0v) is 14.0. The Kier molecular flexibility index (Phi) is 3.46. The van der Waals surface area contributed by atoms with Gasteiger partial charge in [0.05, 0.1) is 22.8 Å². The lowest BCUT2D eigenvalue weighted by Gasteiger charge is -2.13. The van der Waals surface area contributed by atoms with Crippen LogP contribution in [0.25, 0.3) is 10.8 Å². The molecule has 1 unspecified atom stereocenters. The third-order valence-corrected chi connectivity index (χ3v) is 5.56. The summed E-state index contributed by atoms with van der Waals surface area (Å²) in [6.45, 7) is 4.67. The summed E-state index contributed by atoms with van der Waals surface area (Å²) >= 11 is 0. The van der Waals surface area contributed by atoms with Gasteiger partial charge < -0.3 is 4.74 Å². The van der Waals surface area contributed by atoms with Crippen LogP contribution >= 0.6 is 0 Å². The van der Waals surface area contributed by atoms with Gasteiger partial charge >= 0.3 is 0 Å². The molecule has 0 bridgehead atoms. The number of hydrogen-bond acceptors (Lipinski definition) is 3. The first-order chi connectivity index (χ1) is 11.6. The fourth-order valence-corrected chi connectivity index (χ4v) is 3.87. The van der Waals surface area contributed by atoms with Crippen molar-refractivity contribution in [2.75, 3.05) is 6.54 Å². The molecule has 1 saturated heterocycles. The molecule has 24 heavy (non-hydrogen) atoms.